The summed E-state index contributed by atoms with van der Waals surface area (Å²) in [5, 5.41) is 11.4. The third-order valence-corrected chi connectivity index (χ3v) is 4.97. The van der Waals surface area contributed by atoms with Crippen molar-refractivity contribution in [1.82, 2.24) is 19.9 Å². The molecule has 1 aliphatic rings. The molecule has 1 atom stereocenters. The van der Waals surface area contributed by atoms with E-state index in [2.05, 4.69) is 39.8 Å². The van der Waals surface area contributed by atoms with Gasteiger partial charge >= 0.3 is 0 Å². The van der Waals surface area contributed by atoms with Gasteiger partial charge in [-0.2, -0.15) is 0 Å². The molecular weight excluding hydrogens is 312 g/mol. The quantitative estimate of drug-likeness (QED) is 0.705. The van der Waals surface area contributed by atoms with E-state index in [0.717, 1.165) is 37.2 Å². The van der Waals surface area contributed by atoms with Crippen LogP contribution in [0.1, 0.15) is 42.1 Å². The zero-order valence-corrected chi connectivity index (χ0v) is 14.2. The predicted octanol–water partition coefficient (Wildman–Crippen LogP) is 2.90. The lowest BCUT2D eigenvalue weighted by molar-refractivity contribution is -0.121. The van der Waals surface area contributed by atoms with Gasteiger partial charge in [-0.25, -0.2) is 0 Å². The number of aromatic nitrogens is 3. The number of fused-ring (bicyclic) bond motifs is 2. The molecule has 1 aliphatic carbocycles. The van der Waals surface area contributed by atoms with Crippen molar-refractivity contribution in [3.05, 3.63) is 65.6 Å². The molecule has 2 heterocycles. The molecule has 0 saturated carbocycles. The molecule has 128 valence electrons. The Morgan fingerprint density at radius 1 is 1.16 bits per heavy atom. The maximum Gasteiger partial charge on any atom is 0.220 e. The van der Waals surface area contributed by atoms with Gasteiger partial charge in [0.15, 0.2) is 5.65 Å². The van der Waals surface area contributed by atoms with Crippen LogP contribution in [0.3, 0.4) is 0 Å². The van der Waals surface area contributed by atoms with E-state index in [1.54, 1.807) is 0 Å². The highest BCUT2D eigenvalue weighted by Crippen LogP contribution is 2.34. The second kappa shape index (κ2) is 7.05. The van der Waals surface area contributed by atoms with Crippen molar-refractivity contribution in [3.63, 3.8) is 0 Å². The van der Waals surface area contributed by atoms with Crippen molar-refractivity contribution < 1.29 is 4.79 Å². The Morgan fingerprint density at radius 3 is 3.00 bits per heavy atom. The molecule has 1 amide bonds. The van der Waals surface area contributed by atoms with Gasteiger partial charge in [0.1, 0.15) is 5.82 Å². The molecule has 3 aromatic rings. The van der Waals surface area contributed by atoms with E-state index in [1.807, 2.05) is 28.8 Å². The third kappa shape index (κ3) is 3.40. The van der Waals surface area contributed by atoms with Crippen LogP contribution in [0.15, 0.2) is 48.7 Å². The number of amides is 1. The second-order valence-corrected chi connectivity index (χ2v) is 6.64. The van der Waals surface area contributed by atoms with Gasteiger partial charge < -0.3 is 5.32 Å². The van der Waals surface area contributed by atoms with E-state index in [0.29, 0.717) is 18.9 Å². The van der Waals surface area contributed by atoms with E-state index >= 15 is 0 Å². The second-order valence-electron chi connectivity index (χ2n) is 6.64. The number of carbonyl (C=O) groups is 1. The van der Waals surface area contributed by atoms with Crippen molar-refractivity contribution in [2.75, 3.05) is 6.54 Å². The minimum atomic E-state index is 0.146. The van der Waals surface area contributed by atoms with E-state index in [4.69, 9.17) is 0 Å². The molecule has 4 rings (SSSR count). The molecule has 2 aromatic heterocycles. The smallest absolute Gasteiger partial charge is 0.220 e. The average molecular weight is 334 g/mol. The van der Waals surface area contributed by atoms with Crippen LogP contribution in [0, 0.1) is 0 Å². The first-order valence-electron chi connectivity index (χ1n) is 8.94. The summed E-state index contributed by atoms with van der Waals surface area (Å²) in [7, 11) is 0. The summed E-state index contributed by atoms with van der Waals surface area (Å²) in [6.45, 7) is 0.676. The Labute approximate surface area is 147 Å². The number of hydrogen-bond acceptors (Lipinski definition) is 3. The maximum absolute atomic E-state index is 12.2. The van der Waals surface area contributed by atoms with Crippen LogP contribution in [0.25, 0.3) is 5.65 Å². The van der Waals surface area contributed by atoms with Crippen LogP contribution in [0.2, 0.25) is 0 Å². The summed E-state index contributed by atoms with van der Waals surface area (Å²) in [6, 6.07) is 14.4. The van der Waals surface area contributed by atoms with E-state index < -0.39 is 0 Å². The van der Waals surface area contributed by atoms with Gasteiger partial charge in [-0.1, -0.05) is 30.3 Å². The zero-order chi connectivity index (χ0) is 17.1. The molecule has 5 nitrogen and oxygen atoms in total. The van der Waals surface area contributed by atoms with E-state index in [-0.39, 0.29) is 5.91 Å². The highest BCUT2D eigenvalue weighted by atomic mass is 16.1. The van der Waals surface area contributed by atoms with E-state index in [9.17, 15) is 4.79 Å². The van der Waals surface area contributed by atoms with Crippen LogP contribution in [0.5, 0.6) is 0 Å². The highest BCUT2D eigenvalue weighted by molar-refractivity contribution is 5.77. The van der Waals surface area contributed by atoms with Crippen LogP contribution in [-0.4, -0.2) is 27.0 Å². The average Bonchev–Trinajstić information content (AvgIpc) is 3.24. The minimum absolute atomic E-state index is 0.146. The molecular formula is C20H22N4O. The molecule has 0 unspecified atom stereocenters. The first kappa shape index (κ1) is 15.8. The van der Waals surface area contributed by atoms with Crippen molar-refractivity contribution in [3.8, 4) is 0 Å². The molecule has 0 radical (unpaired) electrons. The van der Waals surface area contributed by atoms with Gasteiger partial charge in [0.05, 0.1) is 0 Å². The van der Waals surface area contributed by atoms with Gasteiger partial charge in [0.25, 0.3) is 0 Å². The molecule has 1 aromatic carbocycles. The Bertz CT molecular complexity index is 886. The van der Waals surface area contributed by atoms with Crippen LogP contribution < -0.4 is 5.32 Å². The Balaban J connectivity index is 1.25. The number of nitrogens with zero attached hydrogens (tertiary/aromatic N) is 3. The monoisotopic (exact) mass is 334 g/mol. The molecule has 0 saturated heterocycles. The molecule has 5 heteroatoms. The van der Waals surface area contributed by atoms with Gasteiger partial charge in [-0.3, -0.25) is 9.20 Å². The number of benzene rings is 1. The normalized spacial score (nSPS) is 16.1. The largest absolute Gasteiger partial charge is 0.356 e. The Hall–Kier alpha value is -2.69. The molecule has 0 spiro atoms. The zero-order valence-electron chi connectivity index (χ0n) is 14.2. The summed E-state index contributed by atoms with van der Waals surface area (Å²) >= 11 is 0. The fraction of sp³-hybridized carbons (Fsp3) is 0.350. The SMILES string of the molecule is O=C(C[C@@H]1CCc2ccccc21)NCCCc1nnc2ccccn12. The Kier molecular flexibility index (Phi) is 4.46. The minimum Gasteiger partial charge on any atom is -0.356 e. The predicted molar refractivity (Wildman–Crippen MR) is 96.4 cm³/mol. The topological polar surface area (TPSA) is 59.3 Å². The molecule has 0 aliphatic heterocycles. The number of hydrogen-bond donors (Lipinski definition) is 1. The maximum atomic E-state index is 12.2. The summed E-state index contributed by atoms with van der Waals surface area (Å²) in [4.78, 5) is 12.2. The number of pyridine rings is 1. The number of aryl methyl sites for hydroxylation is 2. The molecule has 25 heavy (non-hydrogen) atoms. The van der Waals surface area contributed by atoms with Crippen LogP contribution in [-0.2, 0) is 17.6 Å². The molecule has 0 fully saturated rings. The Morgan fingerprint density at radius 2 is 2.04 bits per heavy atom. The fourth-order valence-electron chi connectivity index (χ4n) is 3.69. The summed E-state index contributed by atoms with van der Waals surface area (Å²) < 4.78 is 2.00. The summed E-state index contributed by atoms with van der Waals surface area (Å²) in [5.74, 6) is 1.46. The standard InChI is InChI=1S/C20H22N4O/c25-20(14-16-11-10-15-6-1-2-7-17(15)16)21-12-5-9-19-23-22-18-8-3-4-13-24(18)19/h1-4,6-8,13,16H,5,9-12,14H2,(H,21,25)/t16-/m0/s1. The first-order valence-corrected chi connectivity index (χ1v) is 8.94. The third-order valence-electron chi connectivity index (χ3n) is 4.97. The van der Waals surface area contributed by atoms with Crippen molar-refractivity contribution in [2.24, 2.45) is 0 Å². The first-order chi connectivity index (χ1) is 12.3. The van der Waals surface area contributed by atoms with E-state index in [1.165, 1.54) is 11.1 Å². The lowest BCUT2D eigenvalue weighted by Crippen LogP contribution is -2.26. The van der Waals surface area contributed by atoms with Crippen molar-refractivity contribution >= 4 is 11.6 Å². The summed E-state index contributed by atoms with van der Waals surface area (Å²) in [5.41, 5.74) is 3.62. The fourth-order valence-corrected chi connectivity index (χ4v) is 3.69. The van der Waals surface area contributed by atoms with Gasteiger partial charge in [0, 0.05) is 25.6 Å². The lowest BCUT2D eigenvalue weighted by atomic mass is 9.97. The van der Waals surface area contributed by atoms with Gasteiger partial charge in [-0.05, 0) is 48.4 Å². The van der Waals surface area contributed by atoms with Gasteiger partial charge in [0.2, 0.25) is 5.91 Å². The van der Waals surface area contributed by atoms with Crippen molar-refractivity contribution in [2.45, 2.75) is 38.0 Å². The lowest BCUT2D eigenvalue weighted by Gasteiger charge is -2.11. The van der Waals surface area contributed by atoms with Gasteiger partial charge in [-0.15, -0.1) is 10.2 Å². The number of nitrogens with one attached hydrogen (secondary N) is 1. The highest BCUT2D eigenvalue weighted by Gasteiger charge is 2.23. The summed E-state index contributed by atoms with van der Waals surface area (Å²) in [6.07, 6.45) is 6.40. The number of carbonyl (C=O) groups excluding carboxylic acids is 1. The van der Waals surface area contributed by atoms with Crippen LogP contribution in [0.4, 0.5) is 0 Å². The number of rotatable bonds is 6. The molecule has 0 bridgehead atoms. The molecule has 1 N–H and O–H groups in total. The van der Waals surface area contributed by atoms with Crippen LogP contribution >= 0.6 is 0 Å². The van der Waals surface area contributed by atoms with Crippen molar-refractivity contribution in [1.29, 1.82) is 0 Å².